The first-order chi connectivity index (χ1) is 9.13. The number of piperidine rings is 1. The van der Waals surface area contributed by atoms with Crippen molar-refractivity contribution in [2.24, 2.45) is 0 Å². The minimum Gasteiger partial charge on any atom is -0.474 e. The van der Waals surface area contributed by atoms with Crippen LogP contribution in [0.1, 0.15) is 18.4 Å². The third-order valence-corrected chi connectivity index (χ3v) is 4.66. The molecule has 1 aliphatic heterocycles. The minimum atomic E-state index is 0.227. The van der Waals surface area contributed by atoms with Crippen molar-refractivity contribution in [2.45, 2.75) is 25.9 Å². The van der Waals surface area contributed by atoms with Gasteiger partial charge in [-0.05, 0) is 49.4 Å². The van der Waals surface area contributed by atoms with Gasteiger partial charge < -0.3 is 9.64 Å². The smallest absolute Gasteiger partial charge is 0.227 e. The fourth-order valence-electron chi connectivity index (χ4n) is 2.37. The number of aromatic nitrogens is 2. The number of fused-ring (bicyclic) bond motifs is 1. The number of ether oxygens (including phenoxy) is 1. The minimum absolute atomic E-state index is 0.227. The zero-order chi connectivity index (χ0) is 13.4. The summed E-state index contributed by atoms with van der Waals surface area (Å²) in [6.45, 7) is 4.18. The maximum absolute atomic E-state index is 6.08. The van der Waals surface area contributed by atoms with Gasteiger partial charge >= 0.3 is 0 Å². The highest BCUT2D eigenvalue weighted by Crippen LogP contribution is 2.33. The van der Waals surface area contributed by atoms with E-state index >= 15 is 0 Å². The molecule has 19 heavy (non-hydrogen) atoms. The molecule has 0 amide bonds. The van der Waals surface area contributed by atoms with Gasteiger partial charge in [-0.15, -0.1) is 11.3 Å². The van der Waals surface area contributed by atoms with Crippen molar-refractivity contribution in [1.82, 2.24) is 14.9 Å². The zero-order valence-corrected chi connectivity index (χ0v) is 12.6. The molecule has 0 aromatic carbocycles. The maximum atomic E-state index is 6.08. The monoisotopic (exact) mass is 297 g/mol. The Labute approximate surface area is 121 Å². The zero-order valence-electron chi connectivity index (χ0n) is 11.0. The summed E-state index contributed by atoms with van der Waals surface area (Å²) in [4.78, 5) is 11.7. The number of likely N-dealkylation sites (tertiary alicyclic amines) is 1. The van der Waals surface area contributed by atoms with Crippen LogP contribution in [-0.2, 0) is 0 Å². The van der Waals surface area contributed by atoms with Crippen molar-refractivity contribution in [3.63, 3.8) is 0 Å². The van der Waals surface area contributed by atoms with E-state index in [4.69, 9.17) is 16.3 Å². The Morgan fingerprint density at radius 1 is 1.37 bits per heavy atom. The molecular weight excluding hydrogens is 282 g/mol. The van der Waals surface area contributed by atoms with Gasteiger partial charge in [-0.25, -0.2) is 4.98 Å². The van der Waals surface area contributed by atoms with Gasteiger partial charge in [0.2, 0.25) is 11.2 Å². The molecule has 1 aliphatic rings. The van der Waals surface area contributed by atoms with E-state index in [9.17, 15) is 0 Å². The molecule has 0 spiro atoms. The van der Waals surface area contributed by atoms with Crippen LogP contribution >= 0.6 is 22.9 Å². The number of hydrogen-bond acceptors (Lipinski definition) is 5. The van der Waals surface area contributed by atoms with Crippen molar-refractivity contribution in [1.29, 1.82) is 0 Å². The van der Waals surface area contributed by atoms with Crippen LogP contribution in [0.5, 0.6) is 5.88 Å². The second kappa shape index (κ2) is 5.23. The molecule has 0 atom stereocenters. The summed E-state index contributed by atoms with van der Waals surface area (Å²) < 4.78 is 6.08. The normalized spacial score (nSPS) is 18.1. The van der Waals surface area contributed by atoms with Gasteiger partial charge in [0.05, 0.1) is 5.39 Å². The topological polar surface area (TPSA) is 38.3 Å². The summed E-state index contributed by atoms with van der Waals surface area (Å²) in [7, 11) is 2.14. The Kier molecular flexibility index (Phi) is 3.60. The molecule has 0 saturated carbocycles. The Hall–Kier alpha value is -0.910. The summed E-state index contributed by atoms with van der Waals surface area (Å²) in [6.07, 6.45) is 2.29. The maximum Gasteiger partial charge on any atom is 0.227 e. The van der Waals surface area contributed by atoms with Gasteiger partial charge in [0.25, 0.3) is 0 Å². The summed E-state index contributed by atoms with van der Waals surface area (Å²) in [6, 6.07) is 0. The molecule has 4 nitrogen and oxygen atoms in total. The predicted molar refractivity (Wildman–Crippen MR) is 78.3 cm³/mol. The fraction of sp³-hybridized carbons (Fsp3) is 0.538. The number of thiophene rings is 1. The number of halogens is 1. The molecule has 6 heteroatoms. The molecule has 2 aromatic heterocycles. The lowest BCUT2D eigenvalue weighted by Crippen LogP contribution is -2.35. The van der Waals surface area contributed by atoms with E-state index in [1.54, 1.807) is 11.3 Å². The second-order valence-corrected chi connectivity index (χ2v) is 6.21. The third-order valence-electron chi connectivity index (χ3n) is 3.50. The van der Waals surface area contributed by atoms with Crippen LogP contribution in [0.3, 0.4) is 0 Å². The Morgan fingerprint density at radius 2 is 2.11 bits per heavy atom. The number of hydrogen-bond donors (Lipinski definition) is 0. The number of nitrogens with zero attached hydrogens (tertiary/aromatic N) is 3. The standard InChI is InChI=1S/C13H16ClN3OS/c1-8-7-19-12-10(8)11(15-13(14)16-12)18-9-3-5-17(2)6-4-9/h7,9H,3-6H2,1-2H3. The highest BCUT2D eigenvalue weighted by atomic mass is 35.5. The molecular formula is C13H16ClN3OS. The molecule has 0 radical (unpaired) electrons. The lowest BCUT2D eigenvalue weighted by Gasteiger charge is -2.29. The lowest BCUT2D eigenvalue weighted by atomic mass is 10.1. The van der Waals surface area contributed by atoms with Crippen molar-refractivity contribution >= 4 is 33.2 Å². The van der Waals surface area contributed by atoms with E-state index in [1.165, 1.54) is 0 Å². The van der Waals surface area contributed by atoms with Crippen LogP contribution in [0.25, 0.3) is 10.2 Å². The van der Waals surface area contributed by atoms with Gasteiger partial charge in [0.15, 0.2) is 0 Å². The van der Waals surface area contributed by atoms with Crippen molar-refractivity contribution < 1.29 is 4.74 Å². The van der Waals surface area contributed by atoms with E-state index in [2.05, 4.69) is 34.2 Å². The van der Waals surface area contributed by atoms with Gasteiger partial charge in [-0.1, -0.05) is 0 Å². The highest BCUT2D eigenvalue weighted by molar-refractivity contribution is 7.17. The Bertz CT molecular complexity index is 593. The quantitative estimate of drug-likeness (QED) is 0.798. The number of rotatable bonds is 2. The lowest BCUT2D eigenvalue weighted by molar-refractivity contribution is 0.111. The van der Waals surface area contributed by atoms with Crippen molar-refractivity contribution in [3.8, 4) is 5.88 Å². The molecule has 1 fully saturated rings. The molecule has 1 saturated heterocycles. The largest absolute Gasteiger partial charge is 0.474 e. The molecule has 0 unspecified atom stereocenters. The third kappa shape index (κ3) is 2.68. The Balaban J connectivity index is 1.89. The Morgan fingerprint density at radius 3 is 2.84 bits per heavy atom. The summed E-state index contributed by atoms with van der Waals surface area (Å²) >= 11 is 7.55. The fourth-order valence-corrected chi connectivity index (χ4v) is 3.49. The van der Waals surface area contributed by atoms with Gasteiger partial charge in [-0.3, -0.25) is 0 Å². The van der Waals surface area contributed by atoms with Crippen LogP contribution in [-0.4, -0.2) is 41.1 Å². The molecule has 0 aliphatic carbocycles. The van der Waals surface area contributed by atoms with Gasteiger partial charge in [0.1, 0.15) is 10.9 Å². The second-order valence-electron chi connectivity index (χ2n) is 5.02. The first-order valence-corrected chi connectivity index (χ1v) is 7.66. The molecule has 0 bridgehead atoms. The van der Waals surface area contributed by atoms with E-state index in [-0.39, 0.29) is 11.4 Å². The van der Waals surface area contributed by atoms with Crippen LogP contribution in [0.2, 0.25) is 5.28 Å². The molecule has 102 valence electrons. The first kappa shape index (κ1) is 13.1. The highest BCUT2D eigenvalue weighted by Gasteiger charge is 2.21. The molecule has 2 aromatic rings. The average molecular weight is 298 g/mol. The van der Waals surface area contributed by atoms with Crippen LogP contribution in [0.4, 0.5) is 0 Å². The SMILES string of the molecule is Cc1csc2nc(Cl)nc(OC3CCN(C)CC3)c12. The summed E-state index contributed by atoms with van der Waals surface area (Å²) in [5, 5.41) is 3.34. The molecule has 3 heterocycles. The van der Waals surface area contributed by atoms with Crippen molar-refractivity contribution in [3.05, 3.63) is 16.2 Å². The van der Waals surface area contributed by atoms with E-state index < -0.39 is 0 Å². The average Bonchev–Trinajstić information content (AvgIpc) is 2.74. The van der Waals surface area contributed by atoms with Crippen LogP contribution in [0.15, 0.2) is 5.38 Å². The first-order valence-electron chi connectivity index (χ1n) is 6.40. The van der Waals surface area contributed by atoms with E-state index in [0.29, 0.717) is 5.88 Å². The van der Waals surface area contributed by atoms with E-state index in [0.717, 1.165) is 41.7 Å². The van der Waals surface area contributed by atoms with Gasteiger partial charge in [0, 0.05) is 13.1 Å². The van der Waals surface area contributed by atoms with Crippen LogP contribution in [0, 0.1) is 6.92 Å². The number of aryl methyl sites for hydroxylation is 1. The molecule has 3 rings (SSSR count). The van der Waals surface area contributed by atoms with Crippen molar-refractivity contribution in [2.75, 3.05) is 20.1 Å². The summed E-state index contributed by atoms with van der Waals surface area (Å²) in [5.41, 5.74) is 1.15. The summed E-state index contributed by atoms with van der Waals surface area (Å²) in [5.74, 6) is 0.642. The van der Waals surface area contributed by atoms with Gasteiger partial charge in [-0.2, -0.15) is 4.98 Å². The predicted octanol–water partition coefficient (Wildman–Crippen LogP) is 3.13. The van der Waals surface area contributed by atoms with Crippen LogP contribution < -0.4 is 4.74 Å². The van der Waals surface area contributed by atoms with E-state index in [1.807, 2.05) is 0 Å². The molecule has 0 N–H and O–H groups in total.